The normalized spacial score (nSPS) is 10.3. The molecule has 0 saturated carbocycles. The van der Waals surface area contributed by atoms with E-state index >= 15 is 0 Å². The van der Waals surface area contributed by atoms with Gasteiger partial charge in [-0.1, -0.05) is 17.7 Å². The number of nitrogens with one attached hydrogen (secondary N) is 2. The van der Waals surface area contributed by atoms with Crippen LogP contribution >= 0.6 is 11.8 Å². The number of aryl methyl sites for hydroxylation is 1. The Balaban J connectivity index is 2.09. The van der Waals surface area contributed by atoms with Crippen LogP contribution in [-0.2, 0) is 14.3 Å². The number of amides is 2. The minimum absolute atomic E-state index is 0.0513. The van der Waals surface area contributed by atoms with Crippen molar-refractivity contribution in [1.29, 1.82) is 0 Å². The SMILES string of the molecule is CCOCCCNC(=O)CSCC(=O)Nc1ccc(C)cc1. The van der Waals surface area contributed by atoms with E-state index in [0.717, 1.165) is 17.7 Å². The van der Waals surface area contributed by atoms with Gasteiger partial charge >= 0.3 is 0 Å². The fourth-order valence-corrected chi connectivity index (χ4v) is 2.31. The van der Waals surface area contributed by atoms with Gasteiger partial charge in [0.1, 0.15) is 0 Å². The van der Waals surface area contributed by atoms with Crippen molar-refractivity contribution >= 4 is 29.3 Å². The third-order valence-corrected chi connectivity index (χ3v) is 3.73. The van der Waals surface area contributed by atoms with Crippen LogP contribution in [0.3, 0.4) is 0 Å². The van der Waals surface area contributed by atoms with E-state index in [0.29, 0.717) is 19.8 Å². The van der Waals surface area contributed by atoms with E-state index in [9.17, 15) is 9.59 Å². The Bertz CT molecular complexity index is 463. The molecule has 1 aromatic carbocycles. The molecule has 0 fully saturated rings. The monoisotopic (exact) mass is 324 g/mol. The van der Waals surface area contributed by atoms with Gasteiger partial charge in [-0.2, -0.15) is 0 Å². The highest BCUT2D eigenvalue weighted by Gasteiger charge is 2.05. The van der Waals surface area contributed by atoms with Crippen molar-refractivity contribution in [3.8, 4) is 0 Å². The molecule has 2 amide bonds. The Morgan fingerprint density at radius 1 is 1.14 bits per heavy atom. The number of anilines is 1. The Morgan fingerprint density at radius 3 is 2.50 bits per heavy atom. The molecule has 5 nitrogen and oxygen atoms in total. The molecule has 122 valence electrons. The smallest absolute Gasteiger partial charge is 0.234 e. The molecule has 22 heavy (non-hydrogen) atoms. The third-order valence-electron chi connectivity index (χ3n) is 2.79. The molecular weight excluding hydrogens is 300 g/mol. The van der Waals surface area contributed by atoms with E-state index in [1.54, 1.807) is 0 Å². The lowest BCUT2D eigenvalue weighted by Gasteiger charge is -2.06. The second kappa shape index (κ2) is 11.1. The highest BCUT2D eigenvalue weighted by Crippen LogP contribution is 2.09. The standard InChI is InChI=1S/C16H24N2O3S/c1-3-21-10-4-9-17-15(19)11-22-12-16(20)18-14-7-5-13(2)6-8-14/h5-8H,3-4,9-12H2,1-2H3,(H,17,19)(H,18,20). The molecule has 0 aliphatic heterocycles. The van der Waals surface area contributed by atoms with E-state index in [-0.39, 0.29) is 23.3 Å². The summed E-state index contributed by atoms with van der Waals surface area (Å²) in [6.07, 6.45) is 0.804. The van der Waals surface area contributed by atoms with Gasteiger partial charge in [-0.15, -0.1) is 11.8 Å². The highest BCUT2D eigenvalue weighted by atomic mass is 32.2. The van der Waals surface area contributed by atoms with Crippen LogP contribution in [0.25, 0.3) is 0 Å². The first-order valence-electron chi connectivity index (χ1n) is 7.40. The van der Waals surface area contributed by atoms with Crippen molar-refractivity contribution in [2.75, 3.05) is 36.6 Å². The first kappa shape index (κ1) is 18.5. The van der Waals surface area contributed by atoms with E-state index in [1.807, 2.05) is 38.1 Å². The minimum atomic E-state index is -0.0991. The lowest BCUT2D eigenvalue weighted by Crippen LogP contribution is -2.27. The fourth-order valence-electron chi connectivity index (χ4n) is 1.67. The molecule has 0 heterocycles. The maximum absolute atomic E-state index is 11.7. The molecule has 0 atom stereocenters. The van der Waals surface area contributed by atoms with Gasteiger partial charge < -0.3 is 15.4 Å². The second-order valence-corrected chi connectivity index (χ2v) is 5.79. The predicted molar refractivity (Wildman–Crippen MR) is 91.3 cm³/mol. The summed E-state index contributed by atoms with van der Waals surface area (Å²) in [5.41, 5.74) is 1.92. The van der Waals surface area contributed by atoms with E-state index in [4.69, 9.17) is 4.74 Å². The molecule has 0 aliphatic rings. The molecule has 2 N–H and O–H groups in total. The van der Waals surface area contributed by atoms with Crippen molar-refractivity contribution < 1.29 is 14.3 Å². The van der Waals surface area contributed by atoms with Crippen molar-refractivity contribution in [1.82, 2.24) is 5.32 Å². The van der Waals surface area contributed by atoms with Crippen LogP contribution in [-0.4, -0.2) is 43.1 Å². The Kier molecular flexibility index (Phi) is 9.34. The van der Waals surface area contributed by atoms with E-state index in [1.165, 1.54) is 11.8 Å². The van der Waals surface area contributed by atoms with Gasteiger partial charge in [0.25, 0.3) is 0 Å². The van der Waals surface area contributed by atoms with Crippen LogP contribution in [0.5, 0.6) is 0 Å². The molecule has 6 heteroatoms. The fraction of sp³-hybridized carbons (Fsp3) is 0.500. The molecule has 0 aromatic heterocycles. The van der Waals surface area contributed by atoms with Gasteiger partial charge in [0.2, 0.25) is 11.8 Å². The van der Waals surface area contributed by atoms with Gasteiger partial charge in [-0.05, 0) is 32.4 Å². The van der Waals surface area contributed by atoms with Crippen LogP contribution in [0.4, 0.5) is 5.69 Å². The molecule has 0 radical (unpaired) electrons. The van der Waals surface area contributed by atoms with Crippen LogP contribution < -0.4 is 10.6 Å². The summed E-state index contributed by atoms with van der Waals surface area (Å²) < 4.78 is 5.18. The zero-order valence-corrected chi connectivity index (χ0v) is 14.0. The summed E-state index contributed by atoms with van der Waals surface area (Å²) in [6.45, 7) is 5.89. The number of carbonyl (C=O) groups excluding carboxylic acids is 2. The van der Waals surface area contributed by atoms with Gasteiger partial charge in [-0.3, -0.25) is 9.59 Å². The number of carbonyl (C=O) groups is 2. The van der Waals surface area contributed by atoms with Crippen LogP contribution in [0.2, 0.25) is 0 Å². The number of hydrogen-bond acceptors (Lipinski definition) is 4. The molecule has 0 spiro atoms. The average molecular weight is 324 g/mol. The van der Waals surface area contributed by atoms with Crippen molar-refractivity contribution in [2.24, 2.45) is 0 Å². The number of benzene rings is 1. The van der Waals surface area contributed by atoms with Crippen molar-refractivity contribution in [3.05, 3.63) is 29.8 Å². The van der Waals surface area contributed by atoms with E-state index in [2.05, 4.69) is 10.6 Å². The Morgan fingerprint density at radius 2 is 1.82 bits per heavy atom. The molecule has 1 aromatic rings. The van der Waals surface area contributed by atoms with Crippen LogP contribution in [0, 0.1) is 6.92 Å². The zero-order valence-electron chi connectivity index (χ0n) is 13.2. The predicted octanol–water partition coefficient (Wildman–Crippen LogP) is 2.21. The van der Waals surface area contributed by atoms with Gasteiger partial charge in [0, 0.05) is 25.4 Å². The maximum Gasteiger partial charge on any atom is 0.234 e. The van der Waals surface area contributed by atoms with Gasteiger partial charge in [0.15, 0.2) is 0 Å². The lowest BCUT2D eigenvalue weighted by atomic mass is 10.2. The molecule has 0 saturated heterocycles. The number of thioether (sulfide) groups is 1. The maximum atomic E-state index is 11.7. The highest BCUT2D eigenvalue weighted by molar-refractivity contribution is 8.00. The van der Waals surface area contributed by atoms with Crippen LogP contribution in [0.15, 0.2) is 24.3 Å². The molecule has 0 aliphatic carbocycles. The molecule has 0 unspecified atom stereocenters. The molecule has 1 rings (SSSR count). The van der Waals surface area contributed by atoms with Crippen molar-refractivity contribution in [3.63, 3.8) is 0 Å². The molecular formula is C16H24N2O3S. The largest absolute Gasteiger partial charge is 0.382 e. The van der Waals surface area contributed by atoms with E-state index < -0.39 is 0 Å². The number of hydrogen-bond donors (Lipinski definition) is 2. The summed E-state index contributed by atoms with van der Waals surface area (Å²) >= 11 is 1.30. The first-order valence-corrected chi connectivity index (χ1v) is 8.56. The van der Waals surface area contributed by atoms with Crippen LogP contribution in [0.1, 0.15) is 18.9 Å². The third kappa shape index (κ3) is 8.69. The Labute approximate surface area is 136 Å². The molecule has 0 bridgehead atoms. The second-order valence-electron chi connectivity index (χ2n) is 4.81. The number of ether oxygens (including phenoxy) is 1. The quantitative estimate of drug-likeness (QED) is 0.648. The number of rotatable bonds is 10. The summed E-state index contributed by atoms with van der Waals surface area (Å²) in [5.74, 6) is 0.401. The Hall–Kier alpha value is -1.53. The van der Waals surface area contributed by atoms with Gasteiger partial charge in [0.05, 0.1) is 11.5 Å². The summed E-state index contributed by atoms with van der Waals surface area (Å²) in [4.78, 5) is 23.3. The topological polar surface area (TPSA) is 67.4 Å². The first-order chi connectivity index (χ1) is 10.6. The average Bonchev–Trinajstić information content (AvgIpc) is 2.49. The minimum Gasteiger partial charge on any atom is -0.382 e. The summed E-state index contributed by atoms with van der Waals surface area (Å²) in [5, 5.41) is 5.60. The summed E-state index contributed by atoms with van der Waals surface area (Å²) in [6, 6.07) is 7.61. The summed E-state index contributed by atoms with van der Waals surface area (Å²) in [7, 11) is 0. The lowest BCUT2D eigenvalue weighted by molar-refractivity contribution is -0.118. The zero-order chi connectivity index (χ0) is 16.2. The van der Waals surface area contributed by atoms with Crippen molar-refractivity contribution in [2.45, 2.75) is 20.3 Å². The van der Waals surface area contributed by atoms with Gasteiger partial charge in [-0.25, -0.2) is 0 Å².